The lowest BCUT2D eigenvalue weighted by Gasteiger charge is -2.23. The monoisotopic (exact) mass is 321 g/mol. The number of hydrogen-bond acceptors (Lipinski definition) is 6. The number of fused-ring (bicyclic) bond motifs is 1. The van der Waals surface area contributed by atoms with E-state index in [-0.39, 0.29) is 11.8 Å². The standard InChI is InChI=1S/C14H15N3O2S2/c1-2-20-14-17-16-13(21-14)15-12(18)10-7-9-5-3-4-6-11(9)19-8-10/h3-6,10H,2,7-8H2,1H3,(H,15,16,18)/t10-/m0/s1. The summed E-state index contributed by atoms with van der Waals surface area (Å²) in [7, 11) is 0. The van der Waals surface area contributed by atoms with E-state index < -0.39 is 0 Å². The van der Waals surface area contributed by atoms with Crippen LogP contribution < -0.4 is 10.1 Å². The van der Waals surface area contributed by atoms with Gasteiger partial charge in [0.2, 0.25) is 11.0 Å². The highest BCUT2D eigenvalue weighted by Crippen LogP contribution is 2.29. The predicted octanol–water partition coefficient (Wildman–Crippen LogP) is 2.84. The number of ether oxygens (including phenoxy) is 1. The fourth-order valence-electron chi connectivity index (χ4n) is 2.15. The number of aromatic nitrogens is 2. The van der Waals surface area contributed by atoms with Gasteiger partial charge in [0.15, 0.2) is 4.34 Å². The molecular weight excluding hydrogens is 306 g/mol. The van der Waals surface area contributed by atoms with E-state index in [1.165, 1.54) is 11.3 Å². The van der Waals surface area contributed by atoms with Gasteiger partial charge in [-0.1, -0.05) is 48.2 Å². The predicted molar refractivity (Wildman–Crippen MR) is 84.1 cm³/mol. The summed E-state index contributed by atoms with van der Waals surface area (Å²) in [5.74, 6) is 1.56. The molecule has 2 heterocycles. The number of rotatable bonds is 4. The van der Waals surface area contributed by atoms with E-state index in [0.29, 0.717) is 18.2 Å². The first kappa shape index (κ1) is 14.3. The summed E-state index contributed by atoms with van der Waals surface area (Å²) >= 11 is 3.02. The van der Waals surface area contributed by atoms with Gasteiger partial charge in [-0.15, -0.1) is 10.2 Å². The summed E-state index contributed by atoms with van der Waals surface area (Å²) in [5, 5.41) is 11.4. The van der Waals surface area contributed by atoms with Gasteiger partial charge in [0, 0.05) is 0 Å². The van der Waals surface area contributed by atoms with Gasteiger partial charge in [-0.25, -0.2) is 0 Å². The minimum atomic E-state index is -0.189. The van der Waals surface area contributed by atoms with Gasteiger partial charge in [0.25, 0.3) is 0 Å². The first-order chi connectivity index (χ1) is 10.3. The number of nitrogens with zero attached hydrogens (tertiary/aromatic N) is 2. The average molecular weight is 321 g/mol. The van der Waals surface area contributed by atoms with E-state index in [2.05, 4.69) is 22.4 Å². The van der Waals surface area contributed by atoms with Gasteiger partial charge in [0.1, 0.15) is 12.4 Å². The lowest BCUT2D eigenvalue weighted by Crippen LogP contribution is -2.32. The molecule has 0 spiro atoms. The molecule has 0 radical (unpaired) electrons. The van der Waals surface area contributed by atoms with Crippen molar-refractivity contribution < 1.29 is 9.53 Å². The third-order valence-electron chi connectivity index (χ3n) is 3.15. The molecule has 0 bridgehead atoms. The Hall–Kier alpha value is -1.60. The number of nitrogens with one attached hydrogen (secondary N) is 1. The number of anilines is 1. The third-order valence-corrected chi connectivity index (χ3v) is 5.01. The van der Waals surface area contributed by atoms with Crippen LogP contribution in [0.1, 0.15) is 12.5 Å². The SMILES string of the molecule is CCSc1nnc(NC(=O)[C@@H]2COc3ccccc3C2)s1. The summed E-state index contributed by atoms with van der Waals surface area (Å²) in [4.78, 5) is 12.3. The topological polar surface area (TPSA) is 64.1 Å². The first-order valence-corrected chi connectivity index (χ1v) is 8.54. The fraction of sp³-hybridized carbons (Fsp3) is 0.357. The van der Waals surface area contributed by atoms with Crippen molar-refractivity contribution in [1.29, 1.82) is 0 Å². The molecular formula is C14H15N3O2S2. The maximum absolute atomic E-state index is 12.3. The zero-order valence-electron chi connectivity index (χ0n) is 11.5. The maximum atomic E-state index is 12.3. The zero-order chi connectivity index (χ0) is 14.7. The van der Waals surface area contributed by atoms with Gasteiger partial charge in [-0.2, -0.15) is 0 Å². The zero-order valence-corrected chi connectivity index (χ0v) is 13.2. The molecule has 5 nitrogen and oxygen atoms in total. The summed E-state index contributed by atoms with van der Waals surface area (Å²) in [6, 6.07) is 7.83. The van der Waals surface area contributed by atoms with E-state index in [4.69, 9.17) is 4.74 Å². The number of hydrogen-bond donors (Lipinski definition) is 1. The fourth-order valence-corrected chi connectivity index (χ4v) is 3.80. The van der Waals surface area contributed by atoms with E-state index in [1.807, 2.05) is 24.3 Å². The van der Waals surface area contributed by atoms with Crippen LogP contribution >= 0.6 is 23.1 Å². The molecule has 1 amide bonds. The highest BCUT2D eigenvalue weighted by atomic mass is 32.2. The smallest absolute Gasteiger partial charge is 0.233 e. The molecule has 2 aromatic rings. The van der Waals surface area contributed by atoms with E-state index in [0.717, 1.165) is 21.4 Å². The molecule has 3 rings (SSSR count). The van der Waals surface area contributed by atoms with Gasteiger partial charge >= 0.3 is 0 Å². The molecule has 1 aliphatic heterocycles. The molecule has 1 aliphatic rings. The molecule has 0 fully saturated rings. The molecule has 1 aromatic carbocycles. The van der Waals surface area contributed by atoms with Gasteiger partial charge in [-0.3, -0.25) is 4.79 Å². The number of amides is 1. The van der Waals surface area contributed by atoms with Crippen molar-refractivity contribution in [2.24, 2.45) is 5.92 Å². The number of para-hydroxylation sites is 1. The van der Waals surface area contributed by atoms with Crippen molar-refractivity contribution in [3.05, 3.63) is 29.8 Å². The van der Waals surface area contributed by atoms with Crippen LogP contribution in [0.5, 0.6) is 5.75 Å². The molecule has 0 unspecified atom stereocenters. The molecule has 7 heteroatoms. The molecule has 21 heavy (non-hydrogen) atoms. The Bertz CT molecular complexity index is 645. The molecule has 1 atom stereocenters. The third kappa shape index (κ3) is 3.36. The highest BCUT2D eigenvalue weighted by molar-refractivity contribution is 8.01. The summed E-state index contributed by atoms with van der Waals surface area (Å²) in [5.41, 5.74) is 1.07. The number of carbonyl (C=O) groups excluding carboxylic acids is 1. The normalized spacial score (nSPS) is 16.9. The van der Waals surface area contributed by atoms with Gasteiger partial charge in [0.05, 0.1) is 5.92 Å². The molecule has 1 aromatic heterocycles. The van der Waals surface area contributed by atoms with Crippen LogP contribution in [0.15, 0.2) is 28.6 Å². The van der Waals surface area contributed by atoms with Crippen LogP contribution in [-0.4, -0.2) is 28.5 Å². The lowest BCUT2D eigenvalue weighted by molar-refractivity contribution is -0.121. The Balaban J connectivity index is 1.63. The largest absolute Gasteiger partial charge is 0.492 e. The second-order valence-corrected chi connectivity index (χ2v) is 7.10. The lowest BCUT2D eigenvalue weighted by atomic mass is 9.96. The van der Waals surface area contributed by atoms with E-state index >= 15 is 0 Å². The number of carbonyl (C=O) groups is 1. The Kier molecular flexibility index (Phi) is 4.40. The quantitative estimate of drug-likeness (QED) is 0.693. The van der Waals surface area contributed by atoms with Gasteiger partial charge < -0.3 is 10.1 Å². The van der Waals surface area contributed by atoms with E-state index in [9.17, 15) is 4.79 Å². The summed E-state index contributed by atoms with van der Waals surface area (Å²) in [6.45, 7) is 2.46. The molecule has 0 aliphatic carbocycles. The Labute approximate surface area is 131 Å². The second kappa shape index (κ2) is 6.44. The van der Waals surface area contributed by atoms with Crippen LogP contribution in [0, 0.1) is 5.92 Å². The van der Waals surface area contributed by atoms with Gasteiger partial charge in [-0.05, 0) is 23.8 Å². The summed E-state index contributed by atoms with van der Waals surface area (Å²) in [6.07, 6.45) is 0.692. The van der Waals surface area contributed by atoms with Crippen LogP contribution in [0.3, 0.4) is 0 Å². The average Bonchev–Trinajstić information content (AvgIpc) is 2.94. The number of benzene rings is 1. The molecule has 110 valence electrons. The molecule has 0 saturated carbocycles. The van der Waals surface area contributed by atoms with Crippen molar-refractivity contribution in [2.75, 3.05) is 17.7 Å². The van der Waals surface area contributed by atoms with Crippen molar-refractivity contribution in [3.63, 3.8) is 0 Å². The first-order valence-electron chi connectivity index (χ1n) is 6.74. The van der Waals surface area contributed by atoms with Crippen LogP contribution in [0.2, 0.25) is 0 Å². The minimum Gasteiger partial charge on any atom is -0.492 e. The highest BCUT2D eigenvalue weighted by Gasteiger charge is 2.26. The van der Waals surface area contributed by atoms with Crippen molar-refractivity contribution >= 4 is 34.1 Å². The molecule has 0 saturated heterocycles. The van der Waals surface area contributed by atoms with E-state index in [1.54, 1.807) is 11.8 Å². The van der Waals surface area contributed by atoms with Crippen molar-refractivity contribution in [1.82, 2.24) is 10.2 Å². The van der Waals surface area contributed by atoms with Crippen molar-refractivity contribution in [2.45, 2.75) is 17.7 Å². The van der Waals surface area contributed by atoms with Crippen LogP contribution in [0.25, 0.3) is 0 Å². The Morgan fingerprint density at radius 2 is 2.33 bits per heavy atom. The summed E-state index contributed by atoms with van der Waals surface area (Å²) < 4.78 is 6.51. The maximum Gasteiger partial charge on any atom is 0.233 e. The number of thioether (sulfide) groups is 1. The minimum absolute atomic E-state index is 0.0614. The van der Waals surface area contributed by atoms with Crippen LogP contribution in [0.4, 0.5) is 5.13 Å². The Morgan fingerprint density at radius 3 is 3.19 bits per heavy atom. The second-order valence-electron chi connectivity index (χ2n) is 4.62. The Morgan fingerprint density at radius 1 is 1.48 bits per heavy atom. The van der Waals surface area contributed by atoms with Crippen molar-refractivity contribution in [3.8, 4) is 5.75 Å². The van der Waals surface area contributed by atoms with Crippen LogP contribution in [-0.2, 0) is 11.2 Å². The molecule has 1 N–H and O–H groups in total.